The maximum absolute atomic E-state index is 6.20. The zero-order valence-electron chi connectivity index (χ0n) is 20.1. The maximum Gasteiger partial charge on any atom is 0.160 e. The highest BCUT2D eigenvalue weighted by Gasteiger charge is 2.18. The predicted molar refractivity (Wildman–Crippen MR) is 150 cm³/mol. The second-order valence-corrected chi connectivity index (χ2v) is 9.24. The lowest BCUT2D eigenvalue weighted by Crippen LogP contribution is -1.95. The van der Waals surface area contributed by atoms with E-state index in [9.17, 15) is 0 Å². The van der Waals surface area contributed by atoms with Gasteiger partial charge in [0.05, 0.1) is 16.7 Å². The fourth-order valence-corrected chi connectivity index (χ4v) is 5.16. The topological polar surface area (TPSA) is 69.1 Å². The van der Waals surface area contributed by atoms with Crippen LogP contribution in [0.2, 0.25) is 0 Å². The Bertz CT molecular complexity index is 2130. The largest absolute Gasteiger partial charge is 0.454 e. The van der Waals surface area contributed by atoms with E-state index in [1.165, 1.54) is 0 Å². The fourth-order valence-electron chi connectivity index (χ4n) is 5.16. The molecule has 0 atom stereocenters. The highest BCUT2D eigenvalue weighted by molar-refractivity contribution is 6.06. The van der Waals surface area contributed by atoms with Crippen molar-refractivity contribution in [2.75, 3.05) is 0 Å². The summed E-state index contributed by atoms with van der Waals surface area (Å²) in [5, 5.41) is 11.0. The van der Waals surface area contributed by atoms with Crippen LogP contribution in [0.5, 0.6) is 0 Å². The van der Waals surface area contributed by atoms with E-state index in [1.807, 2.05) is 95.5 Å². The molecule has 0 aliphatic rings. The third-order valence-electron chi connectivity index (χ3n) is 6.95. The number of furan rings is 1. The summed E-state index contributed by atoms with van der Waals surface area (Å²) in [6.45, 7) is 0. The van der Waals surface area contributed by atoms with E-state index in [0.717, 1.165) is 66.6 Å². The second kappa shape index (κ2) is 8.08. The van der Waals surface area contributed by atoms with Crippen LogP contribution in [0.3, 0.4) is 0 Å². The molecule has 178 valence electrons. The van der Waals surface area contributed by atoms with Crippen molar-refractivity contribution in [1.82, 2.24) is 24.8 Å². The predicted octanol–water partition coefficient (Wildman–Crippen LogP) is 7.57. The second-order valence-electron chi connectivity index (χ2n) is 9.24. The quantitative estimate of drug-likeness (QED) is 0.256. The smallest absolute Gasteiger partial charge is 0.160 e. The summed E-state index contributed by atoms with van der Waals surface area (Å²) in [6.07, 6.45) is 0. The first-order valence-electron chi connectivity index (χ1n) is 12.4. The van der Waals surface area contributed by atoms with Crippen LogP contribution in [0.4, 0.5) is 0 Å². The average Bonchev–Trinajstić information content (AvgIpc) is 3.58. The van der Waals surface area contributed by atoms with E-state index in [1.54, 1.807) is 0 Å². The van der Waals surface area contributed by atoms with Crippen molar-refractivity contribution in [1.29, 1.82) is 0 Å². The number of rotatable bonds is 3. The van der Waals surface area contributed by atoms with Gasteiger partial charge in [-0.25, -0.2) is 14.5 Å². The molecule has 0 radical (unpaired) electrons. The van der Waals surface area contributed by atoms with Gasteiger partial charge in [-0.2, -0.15) is 0 Å². The summed E-state index contributed by atoms with van der Waals surface area (Å²) in [5.74, 6) is 0.662. The van der Waals surface area contributed by atoms with E-state index in [4.69, 9.17) is 14.4 Å². The molecule has 0 saturated heterocycles. The Morgan fingerprint density at radius 2 is 1.26 bits per heavy atom. The minimum atomic E-state index is 0.662. The molecule has 0 N–H and O–H groups in total. The molecule has 8 rings (SSSR count). The number of para-hydroxylation sites is 1. The Morgan fingerprint density at radius 1 is 0.553 bits per heavy atom. The number of hydrogen-bond donors (Lipinski definition) is 0. The molecule has 0 saturated carbocycles. The molecule has 0 aliphatic carbocycles. The van der Waals surface area contributed by atoms with Crippen LogP contribution in [0.15, 0.2) is 120 Å². The van der Waals surface area contributed by atoms with Crippen LogP contribution in [0, 0.1) is 0 Å². The average molecular weight is 490 g/mol. The molecule has 0 bridgehead atoms. The normalized spacial score (nSPS) is 11.7. The third-order valence-corrected chi connectivity index (χ3v) is 6.95. The van der Waals surface area contributed by atoms with E-state index < -0.39 is 0 Å². The molecule has 0 unspecified atom stereocenters. The summed E-state index contributed by atoms with van der Waals surface area (Å²) >= 11 is 0. The van der Waals surface area contributed by atoms with Gasteiger partial charge in [-0.3, -0.25) is 0 Å². The number of hydrogen-bond acceptors (Lipinski definition) is 5. The molecule has 4 aromatic heterocycles. The zero-order valence-corrected chi connectivity index (χ0v) is 20.1. The summed E-state index contributed by atoms with van der Waals surface area (Å²) in [5.41, 5.74) is 8.95. The summed E-state index contributed by atoms with van der Waals surface area (Å²) in [7, 11) is 0. The molecule has 0 amide bonds. The van der Waals surface area contributed by atoms with Crippen LogP contribution < -0.4 is 0 Å². The van der Waals surface area contributed by atoms with Gasteiger partial charge in [0, 0.05) is 27.5 Å². The van der Waals surface area contributed by atoms with Gasteiger partial charge in [0.25, 0.3) is 0 Å². The standard InChI is InChI=1S/C32H19N5O/c1-3-9-20(10-4-1)29-23-13-7-8-14-25(23)33-32(34-29)22-15-17-27-24(19-22)31-28(38-27)18-16-26-30(35-36-37(26)31)21-11-5-2-6-12-21/h1-19H. The maximum atomic E-state index is 6.20. The summed E-state index contributed by atoms with van der Waals surface area (Å²) in [6, 6.07) is 38.5. The van der Waals surface area contributed by atoms with E-state index in [-0.39, 0.29) is 0 Å². The van der Waals surface area contributed by atoms with Crippen molar-refractivity contribution in [3.05, 3.63) is 115 Å². The van der Waals surface area contributed by atoms with Gasteiger partial charge < -0.3 is 4.42 Å². The van der Waals surface area contributed by atoms with Gasteiger partial charge in [0.2, 0.25) is 0 Å². The summed E-state index contributed by atoms with van der Waals surface area (Å²) in [4.78, 5) is 9.97. The highest BCUT2D eigenvalue weighted by atomic mass is 16.3. The fraction of sp³-hybridized carbons (Fsp3) is 0. The molecule has 6 heteroatoms. The van der Waals surface area contributed by atoms with Gasteiger partial charge in [-0.05, 0) is 36.4 Å². The molecule has 8 aromatic rings. The van der Waals surface area contributed by atoms with Crippen molar-refractivity contribution in [3.63, 3.8) is 0 Å². The molecular formula is C32H19N5O. The lowest BCUT2D eigenvalue weighted by molar-refractivity contribution is 0.667. The van der Waals surface area contributed by atoms with Crippen molar-refractivity contribution < 1.29 is 4.42 Å². The van der Waals surface area contributed by atoms with Gasteiger partial charge in [-0.1, -0.05) is 84.1 Å². The number of pyridine rings is 1. The number of fused-ring (bicyclic) bond motifs is 6. The molecule has 0 fully saturated rings. The van der Waals surface area contributed by atoms with E-state index >= 15 is 0 Å². The van der Waals surface area contributed by atoms with Gasteiger partial charge in [-0.15, -0.1) is 5.10 Å². The molecule has 0 spiro atoms. The van der Waals surface area contributed by atoms with Crippen LogP contribution >= 0.6 is 0 Å². The summed E-state index contributed by atoms with van der Waals surface area (Å²) < 4.78 is 8.07. The van der Waals surface area contributed by atoms with Gasteiger partial charge in [0.1, 0.15) is 16.8 Å². The monoisotopic (exact) mass is 489 g/mol. The molecule has 4 heterocycles. The van der Waals surface area contributed by atoms with Crippen LogP contribution in [-0.4, -0.2) is 24.8 Å². The molecule has 38 heavy (non-hydrogen) atoms. The Hall–Kier alpha value is -5.36. The van der Waals surface area contributed by atoms with Gasteiger partial charge in [0.15, 0.2) is 11.4 Å². The number of aromatic nitrogens is 5. The lowest BCUT2D eigenvalue weighted by atomic mass is 10.1. The molecule has 4 aromatic carbocycles. The van der Waals surface area contributed by atoms with Crippen molar-refractivity contribution in [2.24, 2.45) is 0 Å². The first-order chi connectivity index (χ1) is 18.8. The Balaban J connectivity index is 1.36. The Morgan fingerprint density at radius 3 is 2.08 bits per heavy atom. The van der Waals surface area contributed by atoms with Crippen LogP contribution in [-0.2, 0) is 0 Å². The van der Waals surface area contributed by atoms with E-state index in [2.05, 4.69) is 34.6 Å². The SMILES string of the molecule is c1ccc(-c2nc(-c3ccc4oc5ccc6c(-c7ccccc7)nnn6c5c4c3)nc3ccccc23)cc1. The van der Waals surface area contributed by atoms with Crippen molar-refractivity contribution in [3.8, 4) is 33.9 Å². The minimum absolute atomic E-state index is 0.662. The third kappa shape index (κ3) is 3.14. The number of nitrogens with zero attached hydrogens (tertiary/aromatic N) is 5. The zero-order chi connectivity index (χ0) is 25.1. The van der Waals surface area contributed by atoms with Crippen LogP contribution in [0.1, 0.15) is 0 Å². The molecule has 6 nitrogen and oxygen atoms in total. The molecule has 0 aliphatic heterocycles. The highest BCUT2D eigenvalue weighted by Crippen LogP contribution is 2.35. The Kier molecular flexibility index (Phi) is 4.42. The van der Waals surface area contributed by atoms with Crippen molar-refractivity contribution in [2.45, 2.75) is 0 Å². The number of benzene rings is 4. The first kappa shape index (κ1) is 20.8. The first-order valence-corrected chi connectivity index (χ1v) is 12.4. The van der Waals surface area contributed by atoms with Crippen LogP contribution in [0.25, 0.3) is 72.4 Å². The minimum Gasteiger partial charge on any atom is -0.454 e. The van der Waals surface area contributed by atoms with Gasteiger partial charge >= 0.3 is 0 Å². The Labute approximate surface area is 216 Å². The lowest BCUT2D eigenvalue weighted by Gasteiger charge is -2.09. The van der Waals surface area contributed by atoms with Crippen molar-refractivity contribution >= 4 is 38.5 Å². The van der Waals surface area contributed by atoms with E-state index in [0.29, 0.717) is 5.82 Å². The molecular weight excluding hydrogens is 470 g/mol.